The van der Waals surface area contributed by atoms with Gasteiger partial charge in [-0.15, -0.1) is 0 Å². The Morgan fingerprint density at radius 2 is 1.51 bits per heavy atom. The van der Waals surface area contributed by atoms with Crippen LogP contribution in [0.1, 0.15) is 112 Å². The number of allylic oxidation sites excluding steroid dienone is 1. The Morgan fingerprint density at radius 1 is 0.767 bits per heavy atom. The van der Waals surface area contributed by atoms with Crippen molar-refractivity contribution in [1.29, 1.82) is 0 Å². The Hall–Kier alpha value is -1.93. The van der Waals surface area contributed by atoms with E-state index in [1.54, 1.807) is 0 Å². The number of Topliss-reactive ketones (excluding diaryl/α,β-unsaturated/α-hetero) is 1. The second-order valence-corrected chi connectivity index (χ2v) is 18.2. The maximum absolute atomic E-state index is 14.3. The van der Waals surface area contributed by atoms with E-state index in [0.29, 0.717) is 45.4 Å². The summed E-state index contributed by atoms with van der Waals surface area (Å²) in [7, 11) is 0. The zero-order chi connectivity index (χ0) is 30.2. The summed E-state index contributed by atoms with van der Waals surface area (Å²) in [6.07, 6.45) is 14.2. The van der Waals surface area contributed by atoms with Gasteiger partial charge in [-0.3, -0.25) is 4.79 Å². The molecule has 8 rings (SSSR count). The fourth-order valence-corrected chi connectivity index (χ4v) is 13.5. The van der Waals surface area contributed by atoms with Crippen molar-refractivity contribution in [2.45, 2.75) is 112 Å². The number of rotatable bonds is 1. The molecule has 43 heavy (non-hydrogen) atoms. The molecule has 5 aliphatic carbocycles. The van der Waals surface area contributed by atoms with Crippen LogP contribution in [-0.4, -0.2) is 18.5 Å². The van der Waals surface area contributed by atoms with Gasteiger partial charge >= 0.3 is 0 Å². The fraction of sp³-hybridized carbons (Fsp3) is 0.683. The summed E-state index contributed by atoms with van der Waals surface area (Å²) in [6.45, 7) is 18.6. The van der Waals surface area contributed by atoms with Crippen LogP contribution in [0.2, 0.25) is 0 Å². The topological polar surface area (TPSA) is 26.3 Å². The minimum absolute atomic E-state index is 0.130. The van der Waals surface area contributed by atoms with E-state index in [-0.39, 0.29) is 10.8 Å². The average molecular weight is 579 g/mol. The Bertz CT molecular complexity index is 1520. The third-order valence-electron chi connectivity index (χ3n) is 15.9. The predicted molar refractivity (Wildman–Crippen MR) is 177 cm³/mol. The van der Waals surface area contributed by atoms with E-state index in [4.69, 9.17) is 4.74 Å². The molecule has 1 saturated heterocycles. The monoisotopic (exact) mass is 578 g/mol. The molecule has 6 fully saturated rings. The van der Waals surface area contributed by atoms with E-state index in [1.807, 2.05) is 0 Å². The highest BCUT2D eigenvalue weighted by molar-refractivity contribution is 6.06. The van der Waals surface area contributed by atoms with Gasteiger partial charge in [0.05, 0.1) is 12.7 Å². The number of fused-ring (bicyclic) bond motifs is 6. The van der Waals surface area contributed by atoms with Gasteiger partial charge in [-0.1, -0.05) is 90.9 Å². The zero-order valence-corrected chi connectivity index (χ0v) is 27.9. The number of hydrogen-bond donors (Lipinski definition) is 0. The molecule has 0 aromatic heterocycles. The maximum atomic E-state index is 14.3. The Kier molecular flexibility index (Phi) is 5.88. The first-order chi connectivity index (χ1) is 20.3. The van der Waals surface area contributed by atoms with E-state index in [1.165, 1.54) is 67.7 Å². The maximum Gasteiger partial charge on any atom is 0.164 e. The van der Waals surface area contributed by atoms with Gasteiger partial charge < -0.3 is 4.74 Å². The first kappa shape index (κ1) is 28.5. The van der Waals surface area contributed by atoms with Crippen LogP contribution in [0.25, 0.3) is 16.8 Å². The molecule has 2 aromatic rings. The second kappa shape index (κ2) is 8.86. The largest absolute Gasteiger partial charge is 0.377 e. The molecule has 6 aliphatic rings. The lowest BCUT2D eigenvalue weighted by atomic mass is 9.31. The minimum atomic E-state index is -0.334. The minimum Gasteiger partial charge on any atom is -0.377 e. The normalized spacial score (nSPS) is 47.0. The summed E-state index contributed by atoms with van der Waals surface area (Å²) in [4.78, 5) is 14.3. The molecule has 2 bridgehead atoms. The molecular weight excluding hydrogens is 524 g/mol. The molecular formula is C41H54O2. The van der Waals surface area contributed by atoms with Crippen molar-refractivity contribution in [1.82, 2.24) is 0 Å². The van der Waals surface area contributed by atoms with Crippen LogP contribution in [-0.2, 0) is 9.53 Å². The lowest BCUT2D eigenvalue weighted by molar-refractivity contribution is -0.236. The van der Waals surface area contributed by atoms with Crippen molar-refractivity contribution in [2.24, 2.45) is 56.2 Å². The highest BCUT2D eigenvalue weighted by atomic mass is 16.5. The van der Waals surface area contributed by atoms with E-state index >= 15 is 0 Å². The van der Waals surface area contributed by atoms with Crippen LogP contribution >= 0.6 is 0 Å². The van der Waals surface area contributed by atoms with Gasteiger partial charge in [0, 0.05) is 5.41 Å². The lowest BCUT2D eigenvalue weighted by Crippen LogP contribution is -2.67. The SMILES string of the molecule is CC1(C)C(=O)C(=Cc2cccc3ccccc23)C[C@@]2(C)C1CC[C@]1(C)C2CCC2C3[C@@H]4OC[C@@]3(CCC4(C)C)CC[C@]21C. The molecule has 9 atom stereocenters. The van der Waals surface area contributed by atoms with Crippen molar-refractivity contribution in [3.8, 4) is 0 Å². The summed E-state index contributed by atoms with van der Waals surface area (Å²) >= 11 is 0. The van der Waals surface area contributed by atoms with Crippen molar-refractivity contribution < 1.29 is 9.53 Å². The number of ketones is 1. The third-order valence-corrected chi connectivity index (χ3v) is 15.9. The smallest absolute Gasteiger partial charge is 0.164 e. The van der Waals surface area contributed by atoms with E-state index in [0.717, 1.165) is 30.4 Å². The van der Waals surface area contributed by atoms with E-state index in [9.17, 15) is 4.79 Å². The van der Waals surface area contributed by atoms with Crippen LogP contribution in [0.4, 0.5) is 0 Å². The second-order valence-electron chi connectivity index (χ2n) is 18.2. The molecule has 1 heterocycles. The van der Waals surface area contributed by atoms with Gasteiger partial charge in [0.25, 0.3) is 0 Å². The molecule has 2 aromatic carbocycles. The van der Waals surface area contributed by atoms with Crippen LogP contribution < -0.4 is 0 Å². The van der Waals surface area contributed by atoms with Gasteiger partial charge in [-0.2, -0.15) is 0 Å². The van der Waals surface area contributed by atoms with Gasteiger partial charge in [0.1, 0.15) is 0 Å². The number of carbonyl (C=O) groups excluding carboxylic acids is 1. The standard InChI is InChI=1S/C41H54O2/c1-36(2)19-21-41-22-20-39(6)30(33(41)35(36)43-25-41)15-16-32-38(5)24-28(23-27-13-10-12-26-11-8-9-14-29(26)27)34(42)37(3,4)31(38)17-18-40(32,39)7/h8-14,23,30-33,35H,15-22,24-25H2,1-7H3/t30?,31?,32?,33?,35-,38-,39+,40+,41+/m0/s1. The van der Waals surface area contributed by atoms with E-state index in [2.05, 4.69) is 97.0 Å². The third kappa shape index (κ3) is 3.54. The first-order valence-corrected chi connectivity index (χ1v) is 17.6. The molecule has 1 aliphatic heterocycles. The molecule has 0 N–H and O–H groups in total. The van der Waals surface area contributed by atoms with Crippen molar-refractivity contribution >= 4 is 22.6 Å². The van der Waals surface area contributed by atoms with Crippen LogP contribution in [0.15, 0.2) is 48.0 Å². The van der Waals surface area contributed by atoms with Crippen molar-refractivity contribution in [3.05, 3.63) is 53.6 Å². The highest BCUT2D eigenvalue weighted by Crippen LogP contribution is 2.78. The Morgan fingerprint density at radius 3 is 2.33 bits per heavy atom. The molecule has 0 amide bonds. The predicted octanol–water partition coefficient (Wildman–Crippen LogP) is 10.3. The van der Waals surface area contributed by atoms with Crippen molar-refractivity contribution in [2.75, 3.05) is 6.61 Å². The molecule has 5 saturated carbocycles. The van der Waals surface area contributed by atoms with Crippen LogP contribution in [0, 0.1) is 56.2 Å². The van der Waals surface area contributed by atoms with Crippen molar-refractivity contribution in [3.63, 3.8) is 0 Å². The number of hydrogen-bond acceptors (Lipinski definition) is 2. The summed E-state index contributed by atoms with van der Waals surface area (Å²) in [6, 6.07) is 15.2. The fourth-order valence-electron chi connectivity index (χ4n) is 13.5. The van der Waals surface area contributed by atoms with Gasteiger partial charge in [-0.05, 0) is 137 Å². The highest BCUT2D eigenvalue weighted by Gasteiger charge is 2.73. The average Bonchev–Trinajstić information content (AvgIpc) is 3.30. The Balaban J connectivity index is 1.20. The molecule has 230 valence electrons. The van der Waals surface area contributed by atoms with Crippen LogP contribution in [0.3, 0.4) is 0 Å². The molecule has 2 nitrogen and oxygen atoms in total. The summed E-state index contributed by atoms with van der Waals surface area (Å²) in [5.41, 5.74) is 3.42. The quantitative estimate of drug-likeness (QED) is 0.315. The number of ether oxygens (including phenoxy) is 1. The zero-order valence-electron chi connectivity index (χ0n) is 27.9. The Labute approximate surface area is 260 Å². The summed E-state index contributed by atoms with van der Waals surface area (Å²) in [5, 5.41) is 2.50. The van der Waals surface area contributed by atoms with Gasteiger partial charge in [0.2, 0.25) is 0 Å². The van der Waals surface area contributed by atoms with Gasteiger partial charge in [0.15, 0.2) is 5.78 Å². The summed E-state index contributed by atoms with van der Waals surface area (Å²) in [5.74, 6) is 2.97. The van der Waals surface area contributed by atoms with E-state index < -0.39 is 0 Å². The first-order valence-electron chi connectivity index (χ1n) is 17.6. The van der Waals surface area contributed by atoms with Crippen LogP contribution in [0.5, 0.6) is 0 Å². The lowest BCUT2D eigenvalue weighted by Gasteiger charge is -2.73. The van der Waals surface area contributed by atoms with Gasteiger partial charge in [-0.25, -0.2) is 0 Å². The molecule has 0 radical (unpaired) electrons. The summed E-state index contributed by atoms with van der Waals surface area (Å²) < 4.78 is 6.79. The molecule has 4 unspecified atom stereocenters. The number of carbonyl (C=O) groups is 1. The molecule has 0 spiro atoms. The number of benzene rings is 2. The molecule has 2 heteroatoms.